The first-order chi connectivity index (χ1) is 12.4. The van der Waals surface area contributed by atoms with Gasteiger partial charge in [-0.2, -0.15) is 0 Å². The quantitative estimate of drug-likeness (QED) is 0.776. The molecule has 140 valence electrons. The van der Waals surface area contributed by atoms with Gasteiger partial charge >= 0.3 is 6.03 Å². The van der Waals surface area contributed by atoms with Gasteiger partial charge in [-0.1, -0.05) is 6.07 Å². The van der Waals surface area contributed by atoms with Gasteiger partial charge in [-0.3, -0.25) is 14.6 Å². The molecule has 5 nitrogen and oxygen atoms in total. The second kappa shape index (κ2) is 6.30. The van der Waals surface area contributed by atoms with Crippen LogP contribution in [0, 0.1) is 17.0 Å². The van der Waals surface area contributed by atoms with Gasteiger partial charge in [0, 0.05) is 31.3 Å². The number of likely N-dealkylation sites (N-methyl/N-ethyl adjacent to an activating group) is 1. The average molecular weight is 363 g/mol. The van der Waals surface area contributed by atoms with E-state index in [1.54, 1.807) is 4.90 Å². The number of hydrogen-bond donors (Lipinski definition) is 0. The Bertz CT molecular complexity index is 720. The lowest BCUT2D eigenvalue weighted by atomic mass is 9.76. The van der Waals surface area contributed by atoms with Crippen molar-refractivity contribution in [3.63, 3.8) is 0 Å². The van der Waals surface area contributed by atoms with E-state index in [1.807, 2.05) is 6.92 Å². The number of likely N-dealkylation sites (tertiary alicyclic amines) is 1. The summed E-state index contributed by atoms with van der Waals surface area (Å²) in [5.41, 5.74) is 0.492. The van der Waals surface area contributed by atoms with Gasteiger partial charge in [-0.25, -0.2) is 13.6 Å². The van der Waals surface area contributed by atoms with Crippen LogP contribution in [-0.4, -0.2) is 58.9 Å². The molecular weight excluding hydrogens is 340 g/mol. The van der Waals surface area contributed by atoms with Crippen LogP contribution in [0.1, 0.15) is 31.7 Å². The third kappa shape index (κ3) is 2.78. The van der Waals surface area contributed by atoms with E-state index in [0.717, 1.165) is 38.4 Å². The summed E-state index contributed by atoms with van der Waals surface area (Å²) in [5, 5.41) is 0. The molecule has 0 unspecified atom stereocenters. The topological polar surface area (TPSA) is 43.9 Å². The van der Waals surface area contributed by atoms with Crippen molar-refractivity contribution in [2.45, 2.75) is 38.8 Å². The van der Waals surface area contributed by atoms with Gasteiger partial charge < -0.3 is 4.90 Å². The Hall–Kier alpha value is -2.02. The number of hydrogen-bond acceptors (Lipinski definition) is 3. The Morgan fingerprint density at radius 3 is 2.54 bits per heavy atom. The second-order valence-corrected chi connectivity index (χ2v) is 7.72. The Morgan fingerprint density at radius 1 is 1.19 bits per heavy atom. The zero-order valence-electron chi connectivity index (χ0n) is 14.9. The molecule has 3 amide bonds. The highest BCUT2D eigenvalue weighted by molar-refractivity contribution is 6.04. The van der Waals surface area contributed by atoms with Gasteiger partial charge in [-0.05, 0) is 50.8 Å². The van der Waals surface area contributed by atoms with Gasteiger partial charge in [0.15, 0.2) is 0 Å². The van der Waals surface area contributed by atoms with E-state index >= 15 is 0 Å². The summed E-state index contributed by atoms with van der Waals surface area (Å²) in [7, 11) is 0. The third-order valence-corrected chi connectivity index (χ3v) is 6.18. The number of carbonyl (C=O) groups excluding carboxylic acids is 2. The first-order valence-electron chi connectivity index (χ1n) is 9.21. The van der Waals surface area contributed by atoms with Crippen LogP contribution in [0.15, 0.2) is 18.2 Å². The fourth-order valence-corrected chi connectivity index (χ4v) is 4.64. The average Bonchev–Trinajstić information content (AvgIpc) is 3.08. The molecule has 3 saturated heterocycles. The highest BCUT2D eigenvalue weighted by Gasteiger charge is 2.55. The van der Waals surface area contributed by atoms with Crippen molar-refractivity contribution >= 4 is 11.9 Å². The van der Waals surface area contributed by atoms with Crippen LogP contribution in [0.4, 0.5) is 13.6 Å². The molecule has 1 aromatic carbocycles. The second-order valence-electron chi connectivity index (χ2n) is 7.72. The van der Waals surface area contributed by atoms with Crippen molar-refractivity contribution in [3.05, 3.63) is 35.4 Å². The number of imide groups is 1. The van der Waals surface area contributed by atoms with E-state index in [0.29, 0.717) is 25.2 Å². The minimum absolute atomic E-state index is 0.00629. The molecule has 3 aliphatic heterocycles. The normalized spacial score (nSPS) is 25.4. The van der Waals surface area contributed by atoms with Crippen molar-refractivity contribution in [2.75, 3.05) is 26.2 Å². The molecule has 7 heteroatoms. The third-order valence-electron chi connectivity index (χ3n) is 6.18. The molecule has 0 aromatic heterocycles. The summed E-state index contributed by atoms with van der Waals surface area (Å²) in [4.78, 5) is 30.0. The van der Waals surface area contributed by atoms with Crippen LogP contribution >= 0.6 is 0 Å². The Balaban J connectivity index is 1.39. The number of halogens is 2. The van der Waals surface area contributed by atoms with Crippen molar-refractivity contribution in [1.29, 1.82) is 0 Å². The van der Waals surface area contributed by atoms with Crippen molar-refractivity contribution in [2.24, 2.45) is 5.41 Å². The summed E-state index contributed by atoms with van der Waals surface area (Å²) in [6.07, 6.45) is 2.50. The summed E-state index contributed by atoms with van der Waals surface area (Å²) >= 11 is 0. The van der Waals surface area contributed by atoms with E-state index < -0.39 is 11.6 Å². The molecule has 0 radical (unpaired) electrons. The molecule has 4 rings (SSSR count). The van der Waals surface area contributed by atoms with Crippen molar-refractivity contribution < 1.29 is 18.4 Å². The predicted octanol–water partition coefficient (Wildman–Crippen LogP) is 2.60. The number of piperidine rings is 1. The highest BCUT2D eigenvalue weighted by atomic mass is 19.1. The molecule has 3 aliphatic rings. The first kappa shape index (κ1) is 17.4. The van der Waals surface area contributed by atoms with Crippen LogP contribution in [0.3, 0.4) is 0 Å². The smallest absolute Gasteiger partial charge is 0.312 e. The lowest BCUT2D eigenvalue weighted by molar-refractivity contribution is -0.128. The monoisotopic (exact) mass is 363 g/mol. The van der Waals surface area contributed by atoms with Crippen molar-refractivity contribution in [1.82, 2.24) is 14.7 Å². The van der Waals surface area contributed by atoms with Gasteiger partial charge in [0.2, 0.25) is 0 Å². The summed E-state index contributed by atoms with van der Waals surface area (Å²) in [5.74, 6) is -1.14. The molecule has 26 heavy (non-hydrogen) atoms. The summed E-state index contributed by atoms with van der Waals surface area (Å²) in [6, 6.07) is 3.24. The number of nitrogens with zero attached hydrogens (tertiary/aromatic N) is 3. The zero-order chi connectivity index (χ0) is 18.5. The zero-order valence-corrected chi connectivity index (χ0v) is 14.9. The number of carbonyl (C=O) groups is 2. The van der Waals surface area contributed by atoms with Crippen molar-refractivity contribution in [3.8, 4) is 0 Å². The Kier molecular flexibility index (Phi) is 4.22. The number of amides is 3. The molecule has 1 aromatic rings. The molecule has 0 aliphatic carbocycles. The Morgan fingerprint density at radius 2 is 1.92 bits per heavy atom. The maximum atomic E-state index is 13.9. The van der Waals surface area contributed by atoms with E-state index in [-0.39, 0.29) is 23.4 Å². The largest absolute Gasteiger partial charge is 0.327 e. The molecule has 0 N–H and O–H groups in total. The number of rotatable bonds is 3. The minimum Gasteiger partial charge on any atom is -0.312 e. The minimum atomic E-state index is -0.564. The molecule has 1 atom stereocenters. The van der Waals surface area contributed by atoms with Crippen LogP contribution in [0.25, 0.3) is 0 Å². The van der Waals surface area contributed by atoms with Gasteiger partial charge in [0.1, 0.15) is 17.7 Å². The van der Waals surface area contributed by atoms with Gasteiger partial charge in [-0.15, -0.1) is 0 Å². The van der Waals surface area contributed by atoms with Gasteiger partial charge in [0.25, 0.3) is 5.91 Å². The lowest BCUT2D eigenvalue weighted by Gasteiger charge is -2.39. The van der Waals surface area contributed by atoms with Crippen LogP contribution in [0.5, 0.6) is 0 Å². The molecule has 0 bridgehead atoms. The lowest BCUT2D eigenvalue weighted by Crippen LogP contribution is -2.43. The number of urea groups is 1. The molecule has 0 saturated carbocycles. The fraction of sp³-hybridized carbons (Fsp3) is 0.579. The van der Waals surface area contributed by atoms with Crippen LogP contribution < -0.4 is 0 Å². The van der Waals surface area contributed by atoms with Gasteiger partial charge in [0.05, 0.1) is 0 Å². The molecule has 3 heterocycles. The first-order valence-corrected chi connectivity index (χ1v) is 9.21. The van der Waals surface area contributed by atoms with E-state index in [4.69, 9.17) is 0 Å². The molecular formula is C19H23F2N3O2. The van der Waals surface area contributed by atoms with E-state index in [1.165, 1.54) is 17.0 Å². The van der Waals surface area contributed by atoms with E-state index in [9.17, 15) is 18.4 Å². The van der Waals surface area contributed by atoms with E-state index in [2.05, 4.69) is 4.90 Å². The SMILES string of the molecule is CCN1C(=O)[C@@H]2CC3(CCN(Cc4ccc(F)cc4F)CC3)CN2C1=O. The standard InChI is InChI=1S/C19H23F2N3O2/c1-2-23-17(25)16-10-19(12-24(16)18(23)26)5-7-22(8-6-19)11-13-3-4-14(20)9-15(13)21/h3-4,9,16H,2,5-8,10-12H2,1H3/t16-/m0/s1. The summed E-state index contributed by atoms with van der Waals surface area (Å²) in [6.45, 7) is 4.91. The van der Waals surface area contributed by atoms with Crippen LogP contribution in [0.2, 0.25) is 0 Å². The fourth-order valence-electron chi connectivity index (χ4n) is 4.64. The molecule has 3 fully saturated rings. The Labute approximate surface area is 151 Å². The maximum absolute atomic E-state index is 13.9. The highest BCUT2D eigenvalue weighted by Crippen LogP contribution is 2.46. The summed E-state index contributed by atoms with van der Waals surface area (Å²) < 4.78 is 26.9. The number of fused-ring (bicyclic) bond motifs is 1. The number of benzene rings is 1. The van der Waals surface area contributed by atoms with Crippen LogP contribution in [-0.2, 0) is 11.3 Å². The predicted molar refractivity (Wildman–Crippen MR) is 91.2 cm³/mol. The molecule has 1 spiro atoms. The maximum Gasteiger partial charge on any atom is 0.327 e.